The van der Waals surface area contributed by atoms with Gasteiger partial charge in [0, 0.05) is 11.6 Å². The van der Waals surface area contributed by atoms with Crippen molar-refractivity contribution in [1.29, 1.82) is 0 Å². The summed E-state index contributed by atoms with van der Waals surface area (Å²) in [5.74, 6) is 2.52. The highest BCUT2D eigenvalue weighted by Gasteiger charge is 2.07. The number of hydrogen-bond donors (Lipinski definition) is 0. The number of rotatable bonds is 8. The van der Waals surface area contributed by atoms with Crippen LogP contribution in [0.4, 0.5) is 0 Å². The molecule has 0 aliphatic carbocycles. The standard InChI is InChI=1S/C23H30O3/c1-16(2)24-21-9-7-8-19(14-21)10-11-20-12-13-22(25-17(3)4)15-23(20)26-18(5)6/h7-18H,1-6H3/b11-10+. The molecule has 0 amide bonds. The third kappa shape index (κ3) is 6.47. The highest BCUT2D eigenvalue weighted by Crippen LogP contribution is 2.28. The predicted molar refractivity (Wildman–Crippen MR) is 109 cm³/mol. The normalized spacial score (nSPS) is 11.6. The van der Waals surface area contributed by atoms with E-state index in [1.807, 2.05) is 77.9 Å². The van der Waals surface area contributed by atoms with Crippen molar-refractivity contribution in [3.05, 3.63) is 53.6 Å². The molecular weight excluding hydrogens is 324 g/mol. The minimum absolute atomic E-state index is 0.0965. The predicted octanol–water partition coefficient (Wildman–Crippen LogP) is 6.22. The zero-order chi connectivity index (χ0) is 19.1. The SMILES string of the molecule is CC(C)Oc1cccc(/C=C/c2ccc(OC(C)C)cc2OC(C)C)c1. The molecule has 0 aromatic heterocycles. The largest absolute Gasteiger partial charge is 0.491 e. The van der Waals surface area contributed by atoms with Crippen molar-refractivity contribution in [2.75, 3.05) is 0 Å². The lowest BCUT2D eigenvalue weighted by molar-refractivity contribution is 0.229. The topological polar surface area (TPSA) is 27.7 Å². The van der Waals surface area contributed by atoms with Gasteiger partial charge >= 0.3 is 0 Å². The van der Waals surface area contributed by atoms with Crippen LogP contribution in [0.25, 0.3) is 12.2 Å². The first-order chi connectivity index (χ1) is 12.3. The van der Waals surface area contributed by atoms with Crippen LogP contribution in [0.5, 0.6) is 17.2 Å². The maximum atomic E-state index is 5.98. The van der Waals surface area contributed by atoms with Crippen LogP contribution in [0.1, 0.15) is 52.7 Å². The van der Waals surface area contributed by atoms with Crippen LogP contribution < -0.4 is 14.2 Å². The molecule has 2 rings (SSSR count). The first-order valence-corrected chi connectivity index (χ1v) is 9.25. The van der Waals surface area contributed by atoms with E-state index in [1.54, 1.807) is 0 Å². The number of ether oxygens (including phenoxy) is 3. The summed E-state index contributed by atoms with van der Waals surface area (Å²) in [6, 6.07) is 14.0. The minimum Gasteiger partial charge on any atom is -0.491 e. The molecule has 2 aromatic carbocycles. The molecule has 26 heavy (non-hydrogen) atoms. The van der Waals surface area contributed by atoms with Gasteiger partial charge in [-0.2, -0.15) is 0 Å². The average Bonchev–Trinajstić information content (AvgIpc) is 2.52. The highest BCUT2D eigenvalue weighted by atomic mass is 16.5. The fourth-order valence-corrected chi connectivity index (χ4v) is 2.50. The van der Waals surface area contributed by atoms with E-state index >= 15 is 0 Å². The van der Waals surface area contributed by atoms with Crippen molar-refractivity contribution in [2.24, 2.45) is 0 Å². The van der Waals surface area contributed by atoms with Gasteiger partial charge in [0.15, 0.2) is 0 Å². The molecule has 0 fully saturated rings. The molecule has 0 bridgehead atoms. The van der Waals surface area contributed by atoms with Gasteiger partial charge in [-0.15, -0.1) is 0 Å². The van der Waals surface area contributed by atoms with Crippen LogP contribution in [0, 0.1) is 0 Å². The Balaban J connectivity index is 2.25. The molecule has 0 heterocycles. The first-order valence-electron chi connectivity index (χ1n) is 9.25. The number of hydrogen-bond acceptors (Lipinski definition) is 3. The van der Waals surface area contributed by atoms with E-state index < -0.39 is 0 Å². The summed E-state index contributed by atoms with van der Waals surface area (Å²) in [4.78, 5) is 0. The van der Waals surface area contributed by atoms with Crippen LogP contribution in [-0.2, 0) is 0 Å². The summed E-state index contributed by atoms with van der Waals surface area (Å²) < 4.78 is 17.5. The van der Waals surface area contributed by atoms with E-state index in [1.165, 1.54) is 0 Å². The smallest absolute Gasteiger partial charge is 0.130 e. The Morgan fingerprint density at radius 1 is 0.654 bits per heavy atom. The van der Waals surface area contributed by atoms with Crippen LogP contribution in [0.3, 0.4) is 0 Å². The maximum Gasteiger partial charge on any atom is 0.130 e. The van der Waals surface area contributed by atoms with Crippen molar-refractivity contribution in [3.63, 3.8) is 0 Å². The summed E-state index contributed by atoms with van der Waals surface area (Å²) in [5, 5.41) is 0. The second kappa shape index (κ2) is 9.33. The fourth-order valence-electron chi connectivity index (χ4n) is 2.50. The molecule has 0 saturated carbocycles. The van der Waals surface area contributed by atoms with Gasteiger partial charge in [0.25, 0.3) is 0 Å². The van der Waals surface area contributed by atoms with E-state index in [2.05, 4.69) is 18.2 Å². The van der Waals surface area contributed by atoms with Gasteiger partial charge in [0.1, 0.15) is 17.2 Å². The third-order valence-corrected chi connectivity index (χ3v) is 3.40. The zero-order valence-electron chi connectivity index (χ0n) is 16.7. The quantitative estimate of drug-likeness (QED) is 0.527. The van der Waals surface area contributed by atoms with Gasteiger partial charge in [0.2, 0.25) is 0 Å². The molecule has 0 spiro atoms. The van der Waals surface area contributed by atoms with Gasteiger partial charge in [-0.3, -0.25) is 0 Å². The van der Waals surface area contributed by atoms with Crippen LogP contribution in [-0.4, -0.2) is 18.3 Å². The van der Waals surface area contributed by atoms with Crippen molar-refractivity contribution in [3.8, 4) is 17.2 Å². The van der Waals surface area contributed by atoms with Crippen molar-refractivity contribution < 1.29 is 14.2 Å². The van der Waals surface area contributed by atoms with E-state index in [0.29, 0.717) is 0 Å². The van der Waals surface area contributed by atoms with Crippen LogP contribution in [0.2, 0.25) is 0 Å². The van der Waals surface area contributed by atoms with Gasteiger partial charge in [-0.1, -0.05) is 24.3 Å². The van der Waals surface area contributed by atoms with Gasteiger partial charge < -0.3 is 14.2 Å². The zero-order valence-corrected chi connectivity index (χ0v) is 16.7. The summed E-state index contributed by atoms with van der Waals surface area (Å²) in [6.45, 7) is 12.1. The van der Waals surface area contributed by atoms with Crippen molar-refractivity contribution in [2.45, 2.75) is 59.9 Å². The molecule has 2 aromatic rings. The second-order valence-electron chi connectivity index (χ2n) is 7.11. The highest BCUT2D eigenvalue weighted by molar-refractivity contribution is 5.73. The molecule has 0 aliphatic rings. The fraction of sp³-hybridized carbons (Fsp3) is 0.391. The number of benzene rings is 2. The lowest BCUT2D eigenvalue weighted by Gasteiger charge is -2.16. The van der Waals surface area contributed by atoms with Gasteiger partial charge in [0.05, 0.1) is 18.3 Å². The molecule has 140 valence electrons. The summed E-state index contributed by atoms with van der Waals surface area (Å²) in [7, 11) is 0. The van der Waals surface area contributed by atoms with Crippen molar-refractivity contribution >= 4 is 12.2 Å². The lowest BCUT2D eigenvalue weighted by Crippen LogP contribution is -2.08. The Morgan fingerprint density at radius 2 is 1.27 bits per heavy atom. The van der Waals surface area contributed by atoms with E-state index in [-0.39, 0.29) is 18.3 Å². The Morgan fingerprint density at radius 3 is 1.88 bits per heavy atom. The monoisotopic (exact) mass is 354 g/mol. The molecular formula is C23H30O3. The lowest BCUT2D eigenvalue weighted by atomic mass is 10.1. The van der Waals surface area contributed by atoms with Crippen molar-refractivity contribution in [1.82, 2.24) is 0 Å². The maximum absolute atomic E-state index is 5.98. The molecule has 0 radical (unpaired) electrons. The Bertz CT molecular complexity index is 730. The molecule has 0 unspecified atom stereocenters. The van der Waals surface area contributed by atoms with Gasteiger partial charge in [-0.25, -0.2) is 0 Å². The Kier molecular flexibility index (Phi) is 7.14. The third-order valence-electron chi connectivity index (χ3n) is 3.40. The molecule has 3 nitrogen and oxygen atoms in total. The molecule has 0 saturated heterocycles. The molecule has 0 N–H and O–H groups in total. The van der Waals surface area contributed by atoms with Crippen LogP contribution in [0.15, 0.2) is 42.5 Å². The van der Waals surface area contributed by atoms with E-state index in [0.717, 1.165) is 28.4 Å². The second-order valence-corrected chi connectivity index (χ2v) is 7.11. The van der Waals surface area contributed by atoms with E-state index in [4.69, 9.17) is 14.2 Å². The van der Waals surface area contributed by atoms with E-state index in [9.17, 15) is 0 Å². The molecule has 0 atom stereocenters. The average molecular weight is 354 g/mol. The van der Waals surface area contributed by atoms with Gasteiger partial charge in [-0.05, 0) is 71.4 Å². The Labute approximate surface area is 157 Å². The first kappa shape index (κ1) is 19.9. The summed E-state index contributed by atoms with van der Waals surface area (Å²) in [6.07, 6.45) is 4.52. The minimum atomic E-state index is 0.0965. The molecule has 0 aliphatic heterocycles. The molecule has 3 heteroatoms. The summed E-state index contributed by atoms with van der Waals surface area (Å²) >= 11 is 0. The Hall–Kier alpha value is -2.42. The van der Waals surface area contributed by atoms with Crippen LogP contribution >= 0.6 is 0 Å². The summed E-state index contributed by atoms with van der Waals surface area (Å²) in [5.41, 5.74) is 2.10.